The fourth-order valence-corrected chi connectivity index (χ4v) is 3.38. The van der Waals surface area contributed by atoms with E-state index in [1.165, 1.54) is 4.31 Å². The predicted octanol–water partition coefficient (Wildman–Crippen LogP) is 2.82. The van der Waals surface area contributed by atoms with Gasteiger partial charge in [0.1, 0.15) is 0 Å². The van der Waals surface area contributed by atoms with Gasteiger partial charge in [0.2, 0.25) is 0 Å². The molecule has 108 valence electrons. The van der Waals surface area contributed by atoms with Crippen molar-refractivity contribution in [3.8, 4) is 0 Å². The first-order valence-electron chi connectivity index (χ1n) is 6.59. The third kappa shape index (κ3) is 3.04. The quantitative estimate of drug-likeness (QED) is 0.784. The first-order valence-corrected chi connectivity index (χ1v) is 8.03. The molecule has 1 aromatic rings. The highest BCUT2D eigenvalue weighted by molar-refractivity contribution is 7.89. The molecule has 1 aliphatic rings. The first kappa shape index (κ1) is 14.7. The third-order valence-corrected chi connectivity index (χ3v) is 4.84. The van der Waals surface area contributed by atoms with Gasteiger partial charge in [-0.15, -0.1) is 6.58 Å². The van der Waals surface area contributed by atoms with Crippen LogP contribution in [-0.2, 0) is 14.8 Å². The van der Waals surface area contributed by atoms with Gasteiger partial charge in [-0.2, -0.15) is 0 Å². The molecule has 0 radical (unpaired) electrons. The second-order valence-corrected chi connectivity index (χ2v) is 6.53. The average molecular weight is 293 g/mol. The summed E-state index contributed by atoms with van der Waals surface area (Å²) >= 11 is 0. The highest BCUT2D eigenvalue weighted by Gasteiger charge is 2.27. The summed E-state index contributed by atoms with van der Waals surface area (Å²) in [5.41, 5.74) is 1.02. The zero-order valence-corrected chi connectivity index (χ0v) is 12.4. The third-order valence-electron chi connectivity index (χ3n) is 3.07. The highest BCUT2D eigenvalue weighted by atomic mass is 32.2. The van der Waals surface area contributed by atoms with Gasteiger partial charge in [-0.1, -0.05) is 23.8 Å². The van der Waals surface area contributed by atoms with E-state index >= 15 is 0 Å². The van der Waals surface area contributed by atoms with Crippen LogP contribution in [-0.4, -0.2) is 25.9 Å². The van der Waals surface area contributed by atoms with Crippen molar-refractivity contribution in [1.82, 2.24) is 4.31 Å². The summed E-state index contributed by atoms with van der Waals surface area (Å²) in [5, 5.41) is 0. The number of benzene rings is 1. The van der Waals surface area contributed by atoms with Crippen molar-refractivity contribution >= 4 is 10.0 Å². The van der Waals surface area contributed by atoms with Gasteiger partial charge in [0.15, 0.2) is 5.88 Å². The van der Waals surface area contributed by atoms with E-state index in [-0.39, 0.29) is 11.4 Å². The van der Waals surface area contributed by atoms with E-state index in [0.29, 0.717) is 12.5 Å². The number of hydrogen-bond donors (Lipinski definition) is 0. The SMILES string of the molecule is C=CCN(C1=CCCCO1)S(=O)(=O)c1ccc(C)cc1. The van der Waals surface area contributed by atoms with Crippen LogP contribution in [0.1, 0.15) is 18.4 Å². The zero-order valence-electron chi connectivity index (χ0n) is 11.6. The van der Waals surface area contributed by atoms with Crippen LogP contribution < -0.4 is 0 Å². The normalized spacial score (nSPS) is 15.2. The van der Waals surface area contributed by atoms with Crippen molar-refractivity contribution in [2.75, 3.05) is 13.2 Å². The van der Waals surface area contributed by atoms with E-state index in [1.54, 1.807) is 30.3 Å². The Bertz CT molecular complexity index is 603. The molecule has 0 spiro atoms. The Morgan fingerprint density at radius 1 is 1.35 bits per heavy atom. The second-order valence-electron chi connectivity index (χ2n) is 4.67. The maximum atomic E-state index is 12.7. The molecular weight excluding hydrogens is 274 g/mol. The van der Waals surface area contributed by atoms with Crippen molar-refractivity contribution in [1.29, 1.82) is 0 Å². The van der Waals surface area contributed by atoms with E-state index in [4.69, 9.17) is 4.74 Å². The number of rotatable bonds is 5. The fraction of sp³-hybridized carbons (Fsp3) is 0.333. The van der Waals surface area contributed by atoms with Gasteiger partial charge in [0.05, 0.1) is 18.0 Å². The first-order chi connectivity index (χ1) is 9.55. The molecule has 0 saturated heterocycles. The van der Waals surface area contributed by atoms with E-state index in [9.17, 15) is 8.42 Å². The molecule has 1 aromatic carbocycles. The smallest absolute Gasteiger partial charge is 0.266 e. The van der Waals surface area contributed by atoms with Gasteiger partial charge >= 0.3 is 0 Å². The molecule has 0 bridgehead atoms. The van der Waals surface area contributed by atoms with Crippen molar-refractivity contribution in [3.63, 3.8) is 0 Å². The molecule has 0 atom stereocenters. The molecule has 2 rings (SSSR count). The predicted molar refractivity (Wildman–Crippen MR) is 78.5 cm³/mol. The molecule has 0 saturated carbocycles. The zero-order chi connectivity index (χ0) is 14.6. The molecule has 0 amide bonds. The Labute approximate surface area is 120 Å². The Hall–Kier alpha value is -1.75. The Morgan fingerprint density at radius 3 is 2.60 bits per heavy atom. The van der Waals surface area contributed by atoms with E-state index in [1.807, 2.05) is 13.0 Å². The molecule has 0 unspecified atom stereocenters. The van der Waals surface area contributed by atoms with E-state index in [2.05, 4.69) is 6.58 Å². The number of nitrogens with zero attached hydrogens (tertiary/aromatic N) is 1. The van der Waals surface area contributed by atoms with Gasteiger partial charge in [-0.05, 0) is 38.0 Å². The molecule has 0 aromatic heterocycles. The van der Waals surface area contributed by atoms with Crippen molar-refractivity contribution < 1.29 is 13.2 Å². The van der Waals surface area contributed by atoms with Crippen LogP contribution in [0.3, 0.4) is 0 Å². The van der Waals surface area contributed by atoms with Crippen molar-refractivity contribution in [3.05, 3.63) is 54.4 Å². The van der Waals surface area contributed by atoms with Crippen LogP contribution in [0.4, 0.5) is 0 Å². The number of sulfonamides is 1. The fourth-order valence-electron chi connectivity index (χ4n) is 1.98. The largest absolute Gasteiger partial charge is 0.479 e. The lowest BCUT2D eigenvalue weighted by atomic mass is 10.2. The van der Waals surface area contributed by atoms with Gasteiger partial charge in [0, 0.05) is 0 Å². The maximum Gasteiger partial charge on any atom is 0.266 e. The minimum atomic E-state index is -3.61. The summed E-state index contributed by atoms with van der Waals surface area (Å²) in [5.74, 6) is 0.400. The summed E-state index contributed by atoms with van der Waals surface area (Å²) in [6.07, 6.45) is 5.12. The van der Waals surface area contributed by atoms with Crippen LogP contribution in [0.2, 0.25) is 0 Å². The Kier molecular flexibility index (Phi) is 4.49. The van der Waals surface area contributed by atoms with Crippen LogP contribution in [0, 0.1) is 6.92 Å². The number of hydrogen-bond acceptors (Lipinski definition) is 3. The minimum Gasteiger partial charge on any atom is -0.479 e. The molecule has 20 heavy (non-hydrogen) atoms. The highest BCUT2D eigenvalue weighted by Crippen LogP contribution is 2.23. The lowest BCUT2D eigenvalue weighted by molar-refractivity contribution is 0.141. The summed E-state index contributed by atoms with van der Waals surface area (Å²) in [7, 11) is -3.61. The Morgan fingerprint density at radius 2 is 2.05 bits per heavy atom. The van der Waals surface area contributed by atoms with Crippen LogP contribution in [0.15, 0.2) is 53.8 Å². The molecular formula is C15H19NO3S. The van der Waals surface area contributed by atoms with Crippen molar-refractivity contribution in [2.24, 2.45) is 0 Å². The number of ether oxygens (including phenoxy) is 1. The molecule has 5 heteroatoms. The van der Waals surface area contributed by atoms with Crippen LogP contribution in [0.25, 0.3) is 0 Å². The summed E-state index contributed by atoms with van der Waals surface area (Å²) in [6, 6.07) is 6.80. The summed E-state index contributed by atoms with van der Waals surface area (Å²) in [4.78, 5) is 0.264. The summed E-state index contributed by atoms with van der Waals surface area (Å²) in [6.45, 7) is 6.29. The number of allylic oxidation sites excluding steroid dienone is 1. The topological polar surface area (TPSA) is 46.6 Å². The van der Waals surface area contributed by atoms with Gasteiger partial charge < -0.3 is 4.74 Å². The van der Waals surface area contributed by atoms with Crippen molar-refractivity contribution in [2.45, 2.75) is 24.7 Å². The average Bonchev–Trinajstić information content (AvgIpc) is 2.46. The molecule has 0 fully saturated rings. The summed E-state index contributed by atoms with van der Waals surface area (Å²) < 4.78 is 32.1. The van der Waals surface area contributed by atoms with Crippen LogP contribution in [0.5, 0.6) is 0 Å². The molecule has 0 aliphatic carbocycles. The maximum absolute atomic E-state index is 12.7. The lowest BCUT2D eigenvalue weighted by Crippen LogP contribution is -2.32. The van der Waals surface area contributed by atoms with Crippen LogP contribution >= 0.6 is 0 Å². The molecule has 1 aliphatic heterocycles. The number of aryl methyl sites for hydroxylation is 1. The van der Waals surface area contributed by atoms with Gasteiger partial charge in [-0.3, -0.25) is 0 Å². The Balaban J connectivity index is 2.38. The monoisotopic (exact) mass is 293 g/mol. The lowest BCUT2D eigenvalue weighted by Gasteiger charge is -2.27. The second kappa shape index (κ2) is 6.13. The van der Waals surface area contributed by atoms with E-state index in [0.717, 1.165) is 18.4 Å². The van der Waals surface area contributed by atoms with E-state index < -0.39 is 10.0 Å². The van der Waals surface area contributed by atoms with Gasteiger partial charge in [0.25, 0.3) is 10.0 Å². The molecule has 0 N–H and O–H groups in total. The minimum absolute atomic E-state index is 0.196. The molecule has 1 heterocycles. The standard InChI is InChI=1S/C15H19NO3S/c1-3-11-16(15-6-4-5-12-19-15)20(17,18)14-9-7-13(2)8-10-14/h3,6-10H,1,4-5,11-12H2,2H3. The van der Waals surface area contributed by atoms with Gasteiger partial charge in [-0.25, -0.2) is 12.7 Å². The molecule has 4 nitrogen and oxygen atoms in total.